The van der Waals surface area contributed by atoms with Crippen LogP contribution in [0, 0.1) is 17.2 Å². The summed E-state index contributed by atoms with van der Waals surface area (Å²) in [7, 11) is 0. The third-order valence-electron chi connectivity index (χ3n) is 3.10. The van der Waals surface area contributed by atoms with Crippen molar-refractivity contribution in [2.45, 2.75) is 52.4 Å². The van der Waals surface area contributed by atoms with E-state index < -0.39 is 47.6 Å². The van der Waals surface area contributed by atoms with E-state index in [0.717, 1.165) is 0 Å². The molecule has 146 valence electrons. The van der Waals surface area contributed by atoms with Crippen LogP contribution in [0.1, 0.15) is 52.4 Å². The molecular formula is C16H23NO9. The van der Waals surface area contributed by atoms with E-state index in [1.807, 2.05) is 0 Å². The Morgan fingerprint density at radius 2 is 1.15 bits per heavy atom. The zero-order chi connectivity index (χ0) is 20.3. The monoisotopic (exact) mass is 373 g/mol. The third kappa shape index (κ3) is 12.6. The van der Waals surface area contributed by atoms with Crippen molar-refractivity contribution < 1.29 is 43.7 Å². The van der Waals surface area contributed by atoms with Crippen molar-refractivity contribution in [2.75, 3.05) is 0 Å². The number of rotatable bonds is 11. The molecule has 10 heteroatoms. The Labute approximate surface area is 150 Å². The number of carbonyl (C=O) groups excluding carboxylic acids is 3. The molecule has 26 heavy (non-hydrogen) atoms. The van der Waals surface area contributed by atoms with Crippen molar-refractivity contribution in [3.63, 3.8) is 0 Å². The molecular weight excluding hydrogens is 350 g/mol. The van der Waals surface area contributed by atoms with Gasteiger partial charge in [-0.05, 0) is 11.8 Å². The Balaban J connectivity index is 4.09. The van der Waals surface area contributed by atoms with E-state index in [-0.39, 0.29) is 38.5 Å². The number of hydrogen-bond donors (Lipinski definition) is 3. The summed E-state index contributed by atoms with van der Waals surface area (Å²) < 4.78 is 9.15. The Hall–Kier alpha value is -2.78. The molecule has 0 saturated heterocycles. The molecule has 0 radical (unpaired) electrons. The first-order valence-corrected chi connectivity index (χ1v) is 7.94. The predicted molar refractivity (Wildman–Crippen MR) is 86.2 cm³/mol. The van der Waals surface area contributed by atoms with Gasteiger partial charge in [-0.15, -0.1) is 0 Å². The van der Waals surface area contributed by atoms with Gasteiger partial charge in [0.05, 0.1) is 6.42 Å². The normalized spacial score (nSPS) is 12.5. The second-order valence-electron chi connectivity index (χ2n) is 6.06. The Bertz CT molecular complexity index is 520. The fraction of sp³-hybridized carbons (Fsp3) is 0.625. The maximum absolute atomic E-state index is 11.5. The van der Waals surface area contributed by atoms with Crippen molar-refractivity contribution >= 4 is 35.7 Å². The lowest BCUT2D eigenvalue weighted by Gasteiger charge is -2.09. The zero-order valence-corrected chi connectivity index (χ0v) is 14.6. The van der Waals surface area contributed by atoms with E-state index >= 15 is 0 Å². The van der Waals surface area contributed by atoms with Crippen molar-refractivity contribution in [3.05, 3.63) is 0 Å². The maximum Gasteiger partial charge on any atom is 0.313 e. The standard InChI is InChI=1S/C16H23NO9/c1-9(5-12(18)19)7-15(23)25-11(17)3-4-14(22)26-16(24)8-10(2)6-13(20)21/h9-10,17H,3-8H2,1-2H3,(H,18,19)(H,20,21). The van der Waals surface area contributed by atoms with E-state index in [9.17, 15) is 24.0 Å². The second kappa shape index (κ2) is 11.7. The first kappa shape index (κ1) is 23.2. The average Bonchev–Trinajstić information content (AvgIpc) is 2.42. The van der Waals surface area contributed by atoms with Crippen LogP contribution in [0.5, 0.6) is 0 Å². The topological polar surface area (TPSA) is 168 Å². The van der Waals surface area contributed by atoms with Crippen LogP contribution < -0.4 is 0 Å². The molecule has 0 aliphatic rings. The van der Waals surface area contributed by atoms with Crippen LogP contribution in [0.4, 0.5) is 0 Å². The molecule has 0 saturated carbocycles. The van der Waals surface area contributed by atoms with Gasteiger partial charge in [0, 0.05) is 32.1 Å². The Morgan fingerprint density at radius 1 is 0.731 bits per heavy atom. The molecule has 0 aliphatic carbocycles. The van der Waals surface area contributed by atoms with Crippen LogP contribution in [0.3, 0.4) is 0 Å². The highest BCUT2D eigenvalue weighted by Crippen LogP contribution is 2.11. The molecule has 0 amide bonds. The highest BCUT2D eigenvalue weighted by Gasteiger charge is 2.18. The molecule has 0 spiro atoms. The van der Waals surface area contributed by atoms with E-state index in [1.165, 1.54) is 6.92 Å². The smallest absolute Gasteiger partial charge is 0.313 e. The lowest BCUT2D eigenvalue weighted by Crippen LogP contribution is -2.19. The summed E-state index contributed by atoms with van der Waals surface area (Å²) in [4.78, 5) is 55.4. The van der Waals surface area contributed by atoms with Crippen LogP contribution in [0.25, 0.3) is 0 Å². The first-order chi connectivity index (χ1) is 12.0. The fourth-order valence-electron chi connectivity index (χ4n) is 1.97. The third-order valence-corrected chi connectivity index (χ3v) is 3.10. The van der Waals surface area contributed by atoms with Gasteiger partial charge in [-0.2, -0.15) is 0 Å². The van der Waals surface area contributed by atoms with Gasteiger partial charge in [0.25, 0.3) is 0 Å². The summed E-state index contributed by atoms with van der Waals surface area (Å²) >= 11 is 0. The summed E-state index contributed by atoms with van der Waals surface area (Å²) in [5, 5.41) is 24.6. The molecule has 0 aromatic carbocycles. The van der Waals surface area contributed by atoms with Crippen LogP contribution in [-0.4, -0.2) is 46.0 Å². The fourth-order valence-corrected chi connectivity index (χ4v) is 1.97. The highest BCUT2D eigenvalue weighted by atomic mass is 16.6. The summed E-state index contributed by atoms with van der Waals surface area (Å²) in [6, 6.07) is 0. The van der Waals surface area contributed by atoms with Gasteiger partial charge in [-0.3, -0.25) is 29.4 Å². The molecule has 0 rings (SSSR count). The summed E-state index contributed by atoms with van der Waals surface area (Å²) in [5.41, 5.74) is 0. The summed E-state index contributed by atoms with van der Waals surface area (Å²) in [5.74, 6) is -6.12. The number of ether oxygens (including phenoxy) is 2. The van der Waals surface area contributed by atoms with Crippen LogP contribution in [0.15, 0.2) is 0 Å². The van der Waals surface area contributed by atoms with Crippen molar-refractivity contribution in [1.82, 2.24) is 0 Å². The molecule has 0 aliphatic heterocycles. The molecule has 0 aromatic rings. The van der Waals surface area contributed by atoms with Gasteiger partial charge in [-0.1, -0.05) is 13.8 Å². The van der Waals surface area contributed by atoms with E-state index in [1.54, 1.807) is 6.92 Å². The van der Waals surface area contributed by atoms with Crippen LogP contribution >= 0.6 is 0 Å². The lowest BCUT2D eigenvalue weighted by atomic mass is 10.0. The molecule has 10 nitrogen and oxygen atoms in total. The minimum Gasteiger partial charge on any atom is -0.481 e. The van der Waals surface area contributed by atoms with Crippen LogP contribution in [-0.2, 0) is 33.4 Å². The summed E-state index contributed by atoms with van der Waals surface area (Å²) in [6.07, 6.45) is -1.49. The van der Waals surface area contributed by atoms with E-state index in [4.69, 9.17) is 15.6 Å². The molecule has 2 atom stereocenters. The zero-order valence-electron chi connectivity index (χ0n) is 14.6. The molecule has 2 unspecified atom stereocenters. The highest BCUT2D eigenvalue weighted by molar-refractivity contribution is 5.91. The van der Waals surface area contributed by atoms with Gasteiger partial charge < -0.3 is 19.7 Å². The molecule has 0 heterocycles. The number of carboxylic acid groups (broad SMARTS) is 2. The minimum absolute atomic E-state index is 0.181. The maximum atomic E-state index is 11.5. The second-order valence-corrected chi connectivity index (χ2v) is 6.06. The van der Waals surface area contributed by atoms with Crippen molar-refractivity contribution in [1.29, 1.82) is 5.41 Å². The molecule has 0 bridgehead atoms. The number of aliphatic carboxylic acids is 2. The van der Waals surface area contributed by atoms with E-state index in [2.05, 4.69) is 9.47 Å². The number of carboxylic acids is 2. The number of hydrogen-bond acceptors (Lipinski definition) is 8. The van der Waals surface area contributed by atoms with Gasteiger partial charge in [0.2, 0.25) is 0 Å². The average molecular weight is 373 g/mol. The number of carbonyl (C=O) groups is 5. The van der Waals surface area contributed by atoms with Crippen LogP contribution in [0.2, 0.25) is 0 Å². The quantitative estimate of drug-likeness (QED) is 0.209. The summed E-state index contributed by atoms with van der Waals surface area (Å²) in [6.45, 7) is 3.08. The van der Waals surface area contributed by atoms with Crippen molar-refractivity contribution in [3.8, 4) is 0 Å². The molecule has 0 aromatic heterocycles. The minimum atomic E-state index is -1.07. The lowest BCUT2D eigenvalue weighted by molar-refractivity contribution is -0.160. The van der Waals surface area contributed by atoms with Gasteiger partial charge in [0.1, 0.15) is 0 Å². The Morgan fingerprint density at radius 3 is 1.58 bits per heavy atom. The number of esters is 3. The van der Waals surface area contributed by atoms with Gasteiger partial charge in [-0.25, -0.2) is 0 Å². The first-order valence-electron chi connectivity index (χ1n) is 7.94. The molecule has 0 fully saturated rings. The van der Waals surface area contributed by atoms with Gasteiger partial charge >= 0.3 is 29.8 Å². The largest absolute Gasteiger partial charge is 0.481 e. The Kier molecular flexibility index (Phi) is 10.5. The van der Waals surface area contributed by atoms with E-state index in [0.29, 0.717) is 0 Å². The number of nitrogens with one attached hydrogen (secondary N) is 1. The van der Waals surface area contributed by atoms with Crippen molar-refractivity contribution in [2.24, 2.45) is 11.8 Å². The van der Waals surface area contributed by atoms with Gasteiger partial charge in [0.15, 0.2) is 5.90 Å². The SMILES string of the molecule is CC(CC(=O)O)CC(=O)OC(=N)CCC(=O)OC(=O)CC(C)CC(=O)O. The molecule has 3 N–H and O–H groups in total. The predicted octanol–water partition coefficient (Wildman–Crippen LogP) is 1.36.